The zero-order valence-electron chi connectivity index (χ0n) is 9.98. The van der Waals surface area contributed by atoms with E-state index in [1.165, 1.54) is 11.3 Å². The van der Waals surface area contributed by atoms with Crippen LogP contribution >= 0.6 is 0 Å². The minimum absolute atomic E-state index is 0.862. The molecule has 0 aromatic carbocycles. The summed E-state index contributed by atoms with van der Waals surface area (Å²) in [5.74, 6) is 0. The van der Waals surface area contributed by atoms with Crippen LogP contribution in [-0.2, 0) is 17.7 Å². The summed E-state index contributed by atoms with van der Waals surface area (Å²) in [6.45, 7) is 7.07. The highest BCUT2D eigenvalue weighted by molar-refractivity contribution is 5.13. The first-order valence-corrected chi connectivity index (χ1v) is 6.12. The predicted octanol–water partition coefficient (Wildman–Crippen LogP) is 1.87. The molecule has 1 aromatic rings. The molecule has 2 rings (SSSR count). The zero-order valence-corrected chi connectivity index (χ0v) is 9.98. The Hall–Kier alpha value is -0.930. The molecule has 0 N–H and O–H groups in total. The molecule has 0 unspecified atom stereocenters. The fourth-order valence-electron chi connectivity index (χ4n) is 1.97. The Morgan fingerprint density at radius 1 is 1.31 bits per heavy atom. The van der Waals surface area contributed by atoms with Crippen molar-refractivity contribution in [1.29, 1.82) is 0 Å². The van der Waals surface area contributed by atoms with E-state index in [4.69, 9.17) is 4.74 Å². The van der Waals surface area contributed by atoms with Crippen LogP contribution in [0.25, 0.3) is 0 Å². The smallest absolute Gasteiger partial charge is 0.0593 e. The molecule has 0 radical (unpaired) electrons. The van der Waals surface area contributed by atoms with Gasteiger partial charge in [-0.25, -0.2) is 0 Å². The quantitative estimate of drug-likeness (QED) is 0.777. The highest BCUT2D eigenvalue weighted by atomic mass is 16.5. The second-order valence-electron chi connectivity index (χ2n) is 4.25. The molecule has 1 aliphatic heterocycles. The van der Waals surface area contributed by atoms with Crippen LogP contribution in [0.1, 0.15) is 24.6 Å². The third-order valence-electron chi connectivity index (χ3n) is 2.97. The summed E-state index contributed by atoms with van der Waals surface area (Å²) in [5.41, 5.74) is 2.47. The van der Waals surface area contributed by atoms with Gasteiger partial charge in [-0.3, -0.25) is 9.88 Å². The number of aryl methyl sites for hydroxylation is 1. The second-order valence-corrected chi connectivity index (χ2v) is 4.25. The van der Waals surface area contributed by atoms with E-state index >= 15 is 0 Å². The minimum atomic E-state index is 0.862. The third-order valence-corrected chi connectivity index (χ3v) is 2.97. The molecule has 2 heterocycles. The van der Waals surface area contributed by atoms with E-state index in [2.05, 4.69) is 28.9 Å². The Bertz CT molecular complexity index is 302. The molecule has 16 heavy (non-hydrogen) atoms. The maximum Gasteiger partial charge on any atom is 0.0593 e. The zero-order chi connectivity index (χ0) is 11.2. The third kappa shape index (κ3) is 3.29. The Morgan fingerprint density at radius 2 is 2.25 bits per heavy atom. The fourth-order valence-corrected chi connectivity index (χ4v) is 1.97. The van der Waals surface area contributed by atoms with E-state index in [0.29, 0.717) is 0 Å². The van der Waals surface area contributed by atoms with E-state index < -0.39 is 0 Å². The summed E-state index contributed by atoms with van der Waals surface area (Å²) in [6, 6.07) is 4.32. The molecule has 3 nitrogen and oxygen atoms in total. The number of pyridine rings is 1. The van der Waals surface area contributed by atoms with Crippen LogP contribution in [0.3, 0.4) is 0 Å². The Balaban J connectivity index is 1.91. The van der Waals surface area contributed by atoms with Crippen LogP contribution in [0.15, 0.2) is 18.3 Å². The Labute approximate surface area is 97.4 Å². The number of nitrogens with zero attached hydrogens (tertiary/aromatic N) is 2. The van der Waals surface area contributed by atoms with Crippen LogP contribution in [0.2, 0.25) is 0 Å². The summed E-state index contributed by atoms with van der Waals surface area (Å²) in [6.07, 6.45) is 4.16. The van der Waals surface area contributed by atoms with Gasteiger partial charge in [0.25, 0.3) is 0 Å². The van der Waals surface area contributed by atoms with Gasteiger partial charge in [-0.15, -0.1) is 0 Å². The van der Waals surface area contributed by atoms with Crippen molar-refractivity contribution in [3.05, 3.63) is 29.6 Å². The monoisotopic (exact) mass is 220 g/mol. The van der Waals surface area contributed by atoms with Gasteiger partial charge in [0.1, 0.15) is 0 Å². The van der Waals surface area contributed by atoms with Gasteiger partial charge in [0, 0.05) is 38.1 Å². The second kappa shape index (κ2) is 5.97. The molecule has 0 atom stereocenters. The van der Waals surface area contributed by atoms with Gasteiger partial charge in [0.15, 0.2) is 0 Å². The molecular formula is C13H20N2O. The van der Waals surface area contributed by atoms with Crippen molar-refractivity contribution in [3.63, 3.8) is 0 Å². The average Bonchev–Trinajstić information content (AvgIpc) is 2.59. The lowest BCUT2D eigenvalue weighted by atomic mass is 10.2. The van der Waals surface area contributed by atoms with Gasteiger partial charge in [0.05, 0.1) is 6.61 Å². The number of aromatic nitrogens is 1. The van der Waals surface area contributed by atoms with E-state index in [1.807, 2.05) is 6.20 Å². The van der Waals surface area contributed by atoms with Gasteiger partial charge in [-0.1, -0.05) is 13.0 Å². The lowest BCUT2D eigenvalue weighted by Gasteiger charge is -2.18. The normalized spacial score (nSPS) is 18.3. The van der Waals surface area contributed by atoms with Crippen molar-refractivity contribution in [2.75, 3.05) is 26.3 Å². The van der Waals surface area contributed by atoms with Crippen molar-refractivity contribution < 1.29 is 4.74 Å². The van der Waals surface area contributed by atoms with E-state index in [0.717, 1.165) is 45.7 Å². The van der Waals surface area contributed by atoms with E-state index in [9.17, 15) is 0 Å². The van der Waals surface area contributed by atoms with Gasteiger partial charge in [0.2, 0.25) is 0 Å². The lowest BCUT2D eigenvalue weighted by molar-refractivity contribution is 0.140. The van der Waals surface area contributed by atoms with Crippen molar-refractivity contribution in [1.82, 2.24) is 9.88 Å². The van der Waals surface area contributed by atoms with Crippen LogP contribution in [0.4, 0.5) is 0 Å². The highest BCUT2D eigenvalue weighted by Gasteiger charge is 2.09. The molecule has 88 valence electrons. The van der Waals surface area contributed by atoms with Crippen molar-refractivity contribution in [2.45, 2.75) is 26.3 Å². The number of rotatable bonds is 3. The molecule has 1 saturated heterocycles. The van der Waals surface area contributed by atoms with Crippen molar-refractivity contribution >= 4 is 0 Å². The van der Waals surface area contributed by atoms with Crippen LogP contribution in [0, 0.1) is 0 Å². The average molecular weight is 220 g/mol. The molecule has 1 aliphatic rings. The largest absolute Gasteiger partial charge is 0.380 e. The summed E-state index contributed by atoms with van der Waals surface area (Å²) in [5, 5.41) is 0. The molecule has 0 bridgehead atoms. The molecule has 0 aliphatic carbocycles. The highest BCUT2D eigenvalue weighted by Crippen LogP contribution is 2.07. The molecule has 0 amide bonds. The Morgan fingerprint density at radius 3 is 3.00 bits per heavy atom. The number of hydrogen-bond acceptors (Lipinski definition) is 3. The van der Waals surface area contributed by atoms with E-state index in [-0.39, 0.29) is 0 Å². The summed E-state index contributed by atoms with van der Waals surface area (Å²) < 4.78 is 5.44. The Kier molecular flexibility index (Phi) is 4.31. The fraction of sp³-hybridized carbons (Fsp3) is 0.615. The molecular weight excluding hydrogens is 200 g/mol. The molecule has 0 saturated carbocycles. The first kappa shape index (κ1) is 11.6. The maximum absolute atomic E-state index is 5.44. The molecule has 1 aromatic heterocycles. The SMILES string of the molecule is CCc1ccc(CN2CCCOCC2)cn1. The van der Waals surface area contributed by atoms with Crippen molar-refractivity contribution in [3.8, 4) is 0 Å². The molecule has 3 heteroatoms. The molecule has 1 fully saturated rings. The number of hydrogen-bond donors (Lipinski definition) is 0. The van der Waals surface area contributed by atoms with Crippen LogP contribution < -0.4 is 0 Å². The molecule has 0 spiro atoms. The topological polar surface area (TPSA) is 25.4 Å². The van der Waals surface area contributed by atoms with Gasteiger partial charge >= 0.3 is 0 Å². The van der Waals surface area contributed by atoms with Gasteiger partial charge in [-0.2, -0.15) is 0 Å². The maximum atomic E-state index is 5.44. The summed E-state index contributed by atoms with van der Waals surface area (Å²) in [4.78, 5) is 6.87. The standard InChI is InChI=1S/C13H20N2O/c1-2-13-5-4-12(10-14-13)11-15-6-3-8-16-9-7-15/h4-5,10H,2-3,6-9,11H2,1H3. The summed E-state index contributed by atoms with van der Waals surface area (Å²) in [7, 11) is 0. The number of ether oxygens (including phenoxy) is 1. The lowest BCUT2D eigenvalue weighted by Crippen LogP contribution is -2.25. The summed E-state index contributed by atoms with van der Waals surface area (Å²) >= 11 is 0. The van der Waals surface area contributed by atoms with Gasteiger partial charge in [-0.05, 0) is 24.5 Å². The van der Waals surface area contributed by atoms with Crippen LogP contribution in [-0.4, -0.2) is 36.2 Å². The predicted molar refractivity (Wildman–Crippen MR) is 64.3 cm³/mol. The van der Waals surface area contributed by atoms with Crippen LogP contribution in [0.5, 0.6) is 0 Å². The minimum Gasteiger partial charge on any atom is -0.380 e. The van der Waals surface area contributed by atoms with Gasteiger partial charge < -0.3 is 4.74 Å². The first-order valence-electron chi connectivity index (χ1n) is 6.12. The van der Waals surface area contributed by atoms with E-state index in [1.54, 1.807) is 0 Å². The first-order chi connectivity index (χ1) is 7.88. The van der Waals surface area contributed by atoms with Crippen molar-refractivity contribution in [2.24, 2.45) is 0 Å².